The van der Waals surface area contributed by atoms with Crippen LogP contribution in [-0.4, -0.2) is 17.7 Å². The fourth-order valence-electron chi connectivity index (χ4n) is 5.33. The van der Waals surface area contributed by atoms with Crippen molar-refractivity contribution in [3.05, 3.63) is 41.0 Å². The van der Waals surface area contributed by atoms with Gasteiger partial charge >= 0.3 is 0 Å². The monoisotopic (exact) mass is 325 g/mol. The lowest BCUT2D eigenvalue weighted by Gasteiger charge is -2.51. The van der Waals surface area contributed by atoms with Crippen LogP contribution in [0.1, 0.15) is 69.9 Å². The molecule has 1 aromatic rings. The summed E-state index contributed by atoms with van der Waals surface area (Å²) in [6, 6.07) is 9.07. The molecular formula is C22H31NO. The first-order valence-corrected chi connectivity index (χ1v) is 9.79. The summed E-state index contributed by atoms with van der Waals surface area (Å²) in [6.45, 7) is 5.39. The summed E-state index contributed by atoms with van der Waals surface area (Å²) < 4.78 is 6.55. The van der Waals surface area contributed by atoms with Crippen LogP contribution >= 0.6 is 0 Å². The van der Waals surface area contributed by atoms with E-state index in [9.17, 15) is 0 Å². The van der Waals surface area contributed by atoms with Gasteiger partial charge in [-0.3, -0.25) is 0 Å². The highest BCUT2D eigenvalue weighted by Gasteiger charge is 2.48. The zero-order valence-electron chi connectivity index (χ0n) is 15.2. The third-order valence-electron chi connectivity index (χ3n) is 6.60. The number of nitrogens with two attached hydrogens (primary N) is 1. The van der Waals surface area contributed by atoms with E-state index in [4.69, 9.17) is 10.5 Å². The molecule has 0 amide bonds. The highest BCUT2D eigenvalue weighted by Crippen LogP contribution is 2.52. The molecule has 1 spiro atoms. The third kappa shape index (κ3) is 2.64. The van der Waals surface area contributed by atoms with Gasteiger partial charge in [0.05, 0.1) is 12.2 Å². The Morgan fingerprint density at radius 1 is 1.17 bits per heavy atom. The lowest BCUT2D eigenvalue weighted by atomic mass is 9.62. The van der Waals surface area contributed by atoms with Crippen LogP contribution in [0.3, 0.4) is 0 Å². The molecule has 0 aromatic heterocycles. The van der Waals surface area contributed by atoms with Gasteiger partial charge < -0.3 is 10.5 Å². The Bertz CT molecular complexity index is 648. The standard InChI is InChI=1S/C22H31NO/c1-3-6-17-15-16-7-4-5-8-18(16)19-9-14-24-22(20(17)19)12-10-21(2,23)11-13-22/h4-5,7-8,17H,3,6,9-15,23H2,1-2H3. The van der Waals surface area contributed by atoms with E-state index in [0.29, 0.717) is 5.92 Å². The van der Waals surface area contributed by atoms with Crippen molar-refractivity contribution in [2.24, 2.45) is 11.7 Å². The summed E-state index contributed by atoms with van der Waals surface area (Å²) in [5, 5.41) is 0. The second-order valence-electron chi connectivity index (χ2n) is 8.49. The highest BCUT2D eigenvalue weighted by molar-refractivity contribution is 5.76. The van der Waals surface area contributed by atoms with Crippen LogP contribution in [0.5, 0.6) is 0 Å². The van der Waals surface area contributed by atoms with E-state index in [-0.39, 0.29) is 11.1 Å². The lowest BCUT2D eigenvalue weighted by molar-refractivity contribution is -0.0640. The Kier molecular flexibility index (Phi) is 4.09. The molecule has 1 aliphatic heterocycles. The van der Waals surface area contributed by atoms with Crippen LogP contribution in [0.2, 0.25) is 0 Å². The zero-order chi connectivity index (χ0) is 16.8. The minimum Gasteiger partial charge on any atom is -0.370 e. The average Bonchev–Trinajstić information content (AvgIpc) is 2.58. The van der Waals surface area contributed by atoms with Gasteiger partial charge in [-0.15, -0.1) is 0 Å². The molecule has 0 radical (unpaired) electrons. The van der Waals surface area contributed by atoms with E-state index in [2.05, 4.69) is 38.1 Å². The van der Waals surface area contributed by atoms with Crippen LogP contribution in [0, 0.1) is 5.92 Å². The Hall–Kier alpha value is -1.12. The largest absolute Gasteiger partial charge is 0.370 e. The van der Waals surface area contributed by atoms with Crippen LogP contribution in [-0.2, 0) is 11.2 Å². The number of hydrogen-bond donors (Lipinski definition) is 1. The van der Waals surface area contributed by atoms with Gasteiger partial charge in [-0.2, -0.15) is 0 Å². The molecular weight excluding hydrogens is 294 g/mol. The Balaban J connectivity index is 1.81. The van der Waals surface area contributed by atoms with E-state index in [1.54, 1.807) is 16.7 Å². The van der Waals surface area contributed by atoms with Gasteiger partial charge in [0, 0.05) is 5.54 Å². The molecule has 2 nitrogen and oxygen atoms in total. The van der Waals surface area contributed by atoms with Crippen LogP contribution in [0.4, 0.5) is 0 Å². The molecule has 0 bridgehead atoms. The van der Waals surface area contributed by atoms with Crippen LogP contribution in [0.25, 0.3) is 5.57 Å². The summed E-state index contributed by atoms with van der Waals surface area (Å²) >= 11 is 0. The van der Waals surface area contributed by atoms with Gasteiger partial charge in [-0.1, -0.05) is 37.6 Å². The number of ether oxygens (including phenoxy) is 1. The van der Waals surface area contributed by atoms with E-state index >= 15 is 0 Å². The molecule has 1 atom stereocenters. The first-order chi connectivity index (χ1) is 11.5. The number of benzene rings is 1. The van der Waals surface area contributed by atoms with E-state index in [1.165, 1.54) is 24.8 Å². The molecule has 2 N–H and O–H groups in total. The zero-order valence-corrected chi connectivity index (χ0v) is 15.2. The summed E-state index contributed by atoms with van der Waals surface area (Å²) in [5.74, 6) is 0.655. The Morgan fingerprint density at radius 3 is 2.67 bits per heavy atom. The van der Waals surface area contributed by atoms with Gasteiger partial charge in [-0.25, -0.2) is 0 Å². The summed E-state index contributed by atoms with van der Waals surface area (Å²) in [6.07, 6.45) is 9.13. The van der Waals surface area contributed by atoms with Gasteiger partial charge in [0.15, 0.2) is 0 Å². The molecule has 1 unspecified atom stereocenters. The topological polar surface area (TPSA) is 35.2 Å². The van der Waals surface area contributed by atoms with Crippen LogP contribution in [0.15, 0.2) is 29.8 Å². The average molecular weight is 325 g/mol. The first kappa shape index (κ1) is 16.4. The van der Waals surface area contributed by atoms with Crippen molar-refractivity contribution in [3.63, 3.8) is 0 Å². The fraction of sp³-hybridized carbons (Fsp3) is 0.636. The summed E-state index contributed by atoms with van der Waals surface area (Å²) in [7, 11) is 0. The lowest BCUT2D eigenvalue weighted by Crippen LogP contribution is -2.51. The molecule has 1 fully saturated rings. The Labute approximate surface area is 146 Å². The van der Waals surface area contributed by atoms with E-state index < -0.39 is 0 Å². The van der Waals surface area contributed by atoms with E-state index in [0.717, 1.165) is 38.7 Å². The molecule has 24 heavy (non-hydrogen) atoms. The minimum atomic E-state index is -0.0279. The molecule has 2 heteroatoms. The highest BCUT2D eigenvalue weighted by atomic mass is 16.5. The van der Waals surface area contributed by atoms with Crippen molar-refractivity contribution in [1.82, 2.24) is 0 Å². The molecule has 4 rings (SSSR count). The predicted octanol–water partition coefficient (Wildman–Crippen LogP) is 4.86. The smallest absolute Gasteiger partial charge is 0.0901 e. The number of fused-ring (bicyclic) bond motifs is 3. The third-order valence-corrected chi connectivity index (χ3v) is 6.60. The maximum absolute atomic E-state index is 6.55. The number of hydrogen-bond acceptors (Lipinski definition) is 2. The quantitative estimate of drug-likeness (QED) is 0.842. The summed E-state index contributed by atoms with van der Waals surface area (Å²) in [4.78, 5) is 0. The molecule has 0 saturated heterocycles. The van der Waals surface area contributed by atoms with Gasteiger partial charge in [-0.05, 0) is 80.1 Å². The first-order valence-electron chi connectivity index (χ1n) is 9.79. The molecule has 1 aromatic carbocycles. The second kappa shape index (κ2) is 6.00. The maximum Gasteiger partial charge on any atom is 0.0901 e. The predicted molar refractivity (Wildman–Crippen MR) is 99.8 cm³/mol. The van der Waals surface area contributed by atoms with E-state index in [1.807, 2.05) is 0 Å². The maximum atomic E-state index is 6.55. The fourth-order valence-corrected chi connectivity index (χ4v) is 5.33. The van der Waals surface area contributed by atoms with Crippen molar-refractivity contribution in [2.75, 3.05) is 6.61 Å². The SMILES string of the molecule is CCCC1Cc2ccccc2C2=C1C1(CCC(C)(N)CC1)OCC2. The molecule has 130 valence electrons. The van der Waals surface area contributed by atoms with Crippen molar-refractivity contribution in [1.29, 1.82) is 0 Å². The molecule has 3 aliphatic rings. The molecule has 2 aliphatic carbocycles. The summed E-state index contributed by atoms with van der Waals surface area (Å²) in [5.41, 5.74) is 12.7. The van der Waals surface area contributed by atoms with Gasteiger partial charge in [0.25, 0.3) is 0 Å². The van der Waals surface area contributed by atoms with Crippen molar-refractivity contribution in [2.45, 2.75) is 76.4 Å². The van der Waals surface area contributed by atoms with Gasteiger partial charge in [0.2, 0.25) is 0 Å². The molecule has 1 saturated carbocycles. The van der Waals surface area contributed by atoms with Crippen molar-refractivity contribution >= 4 is 5.57 Å². The minimum absolute atomic E-state index is 0.0143. The Morgan fingerprint density at radius 2 is 1.92 bits per heavy atom. The number of rotatable bonds is 2. The van der Waals surface area contributed by atoms with Crippen molar-refractivity contribution < 1.29 is 4.74 Å². The van der Waals surface area contributed by atoms with Crippen molar-refractivity contribution in [3.8, 4) is 0 Å². The second-order valence-corrected chi connectivity index (χ2v) is 8.49. The molecule has 1 heterocycles. The normalized spacial score (nSPS) is 35.7. The van der Waals surface area contributed by atoms with Crippen LogP contribution < -0.4 is 5.73 Å². The van der Waals surface area contributed by atoms with Gasteiger partial charge in [0.1, 0.15) is 0 Å².